The van der Waals surface area contributed by atoms with Crippen molar-refractivity contribution in [3.05, 3.63) is 30.3 Å². The highest BCUT2D eigenvalue weighted by molar-refractivity contribution is 5.86. The average molecular weight is 285 g/mol. The van der Waals surface area contributed by atoms with Crippen molar-refractivity contribution in [2.45, 2.75) is 45.7 Å². The van der Waals surface area contributed by atoms with Crippen LogP contribution in [-0.2, 0) is 4.79 Å². The summed E-state index contributed by atoms with van der Waals surface area (Å²) >= 11 is 0. The van der Waals surface area contributed by atoms with Crippen molar-refractivity contribution in [3.63, 3.8) is 0 Å². The van der Waals surface area contributed by atoms with Crippen LogP contribution in [-0.4, -0.2) is 29.4 Å². The van der Waals surface area contributed by atoms with Crippen LogP contribution in [0.25, 0.3) is 0 Å². The Balaban J connectivity index is 2.21. The lowest BCUT2D eigenvalue weighted by molar-refractivity contribution is -0.134. The summed E-state index contributed by atoms with van der Waals surface area (Å²) < 4.78 is 0. The van der Waals surface area contributed by atoms with Crippen molar-refractivity contribution in [3.8, 4) is 6.07 Å². The molecule has 112 valence electrons. The van der Waals surface area contributed by atoms with Crippen molar-refractivity contribution in [2.24, 2.45) is 5.41 Å². The highest BCUT2D eigenvalue weighted by Gasteiger charge is 2.38. The van der Waals surface area contributed by atoms with Gasteiger partial charge in [-0.15, -0.1) is 0 Å². The number of rotatable bonds is 3. The molecule has 1 saturated heterocycles. The molecule has 1 heterocycles. The van der Waals surface area contributed by atoms with Crippen LogP contribution in [0.3, 0.4) is 0 Å². The smallest absolute Gasteiger partial charge is 0.246 e. The Bertz CT molecular complexity index is 527. The van der Waals surface area contributed by atoms with Gasteiger partial charge in [0.15, 0.2) is 0 Å². The fourth-order valence-electron chi connectivity index (χ4n) is 2.68. The molecule has 0 spiro atoms. The molecule has 1 amide bonds. The summed E-state index contributed by atoms with van der Waals surface area (Å²) in [5.41, 5.74) is 0.702. The summed E-state index contributed by atoms with van der Waals surface area (Å²) in [6.07, 6.45) is 1.69. The van der Waals surface area contributed by atoms with Gasteiger partial charge in [-0.05, 0) is 30.4 Å². The van der Waals surface area contributed by atoms with Gasteiger partial charge in [0.25, 0.3) is 0 Å². The van der Waals surface area contributed by atoms with E-state index in [2.05, 4.69) is 11.4 Å². The molecule has 4 heteroatoms. The first-order chi connectivity index (χ1) is 9.93. The third kappa shape index (κ3) is 3.55. The first kappa shape index (κ1) is 15.4. The van der Waals surface area contributed by atoms with Gasteiger partial charge in [-0.25, -0.2) is 0 Å². The zero-order valence-electron chi connectivity index (χ0n) is 13.0. The summed E-state index contributed by atoms with van der Waals surface area (Å²) in [5, 5.41) is 12.5. The highest BCUT2D eigenvalue weighted by Crippen LogP contribution is 2.28. The van der Waals surface area contributed by atoms with Gasteiger partial charge in [0, 0.05) is 12.2 Å². The van der Waals surface area contributed by atoms with E-state index in [0.29, 0.717) is 6.54 Å². The Morgan fingerprint density at radius 1 is 1.38 bits per heavy atom. The fraction of sp³-hybridized carbons (Fsp3) is 0.529. The molecule has 4 nitrogen and oxygen atoms in total. The number of likely N-dealkylation sites (tertiary alicyclic amines) is 1. The SMILES string of the molecule is CC(C)(C)[C@H](Nc1ccccc1)C(=O)N1CCC[C@H]1C#N. The standard InChI is InChI=1S/C17H23N3O/c1-17(2,3)15(19-13-8-5-4-6-9-13)16(21)20-11-7-10-14(20)12-18/h4-6,8-9,14-15,19H,7,10-11H2,1-3H3/t14-,15+/m0/s1. The van der Waals surface area contributed by atoms with Crippen LogP contribution >= 0.6 is 0 Å². The maximum atomic E-state index is 12.9. The van der Waals surface area contributed by atoms with Gasteiger partial charge >= 0.3 is 0 Å². The van der Waals surface area contributed by atoms with Gasteiger partial charge in [-0.2, -0.15) is 5.26 Å². The number of carbonyl (C=O) groups excluding carboxylic acids is 1. The second-order valence-electron chi connectivity index (χ2n) is 6.63. The summed E-state index contributed by atoms with van der Waals surface area (Å²) in [4.78, 5) is 14.6. The van der Waals surface area contributed by atoms with Crippen LogP contribution in [0.1, 0.15) is 33.6 Å². The Morgan fingerprint density at radius 2 is 2.05 bits per heavy atom. The molecule has 2 atom stereocenters. The molecule has 0 unspecified atom stereocenters. The molecular weight excluding hydrogens is 262 g/mol. The van der Waals surface area contributed by atoms with Gasteiger partial charge < -0.3 is 10.2 Å². The van der Waals surface area contributed by atoms with Crippen LogP contribution in [0.2, 0.25) is 0 Å². The molecule has 0 radical (unpaired) electrons. The maximum Gasteiger partial charge on any atom is 0.246 e. The quantitative estimate of drug-likeness (QED) is 0.928. The summed E-state index contributed by atoms with van der Waals surface area (Å²) in [7, 11) is 0. The van der Waals surface area contributed by atoms with Gasteiger partial charge in [-0.3, -0.25) is 4.79 Å². The van der Waals surface area contributed by atoms with Gasteiger partial charge in [0.05, 0.1) is 6.07 Å². The number of amides is 1. The molecule has 2 rings (SSSR count). The zero-order chi connectivity index (χ0) is 15.5. The van der Waals surface area contributed by atoms with Crippen molar-refractivity contribution in [1.82, 2.24) is 4.90 Å². The third-order valence-electron chi connectivity index (χ3n) is 3.88. The van der Waals surface area contributed by atoms with Crippen LogP contribution in [0, 0.1) is 16.7 Å². The molecule has 1 aromatic rings. The molecule has 0 saturated carbocycles. The Morgan fingerprint density at radius 3 is 2.62 bits per heavy atom. The number of nitrogens with zero attached hydrogens (tertiary/aromatic N) is 2. The molecule has 0 bridgehead atoms. The van der Waals surface area contributed by atoms with Crippen LogP contribution in [0.15, 0.2) is 30.3 Å². The van der Waals surface area contributed by atoms with E-state index in [1.54, 1.807) is 4.90 Å². The number of para-hydroxylation sites is 1. The minimum absolute atomic E-state index is 0.0235. The van der Waals surface area contributed by atoms with Crippen LogP contribution in [0.5, 0.6) is 0 Å². The Labute approximate surface area is 126 Å². The van der Waals surface area contributed by atoms with Crippen molar-refractivity contribution in [2.75, 3.05) is 11.9 Å². The molecule has 1 fully saturated rings. The number of nitriles is 1. The predicted molar refractivity (Wildman–Crippen MR) is 83.7 cm³/mol. The van der Waals surface area contributed by atoms with E-state index in [1.807, 2.05) is 51.1 Å². The van der Waals surface area contributed by atoms with Crippen molar-refractivity contribution < 1.29 is 4.79 Å². The van der Waals surface area contributed by atoms with E-state index >= 15 is 0 Å². The second kappa shape index (κ2) is 6.17. The summed E-state index contributed by atoms with van der Waals surface area (Å²) in [6, 6.07) is 11.4. The molecule has 0 aromatic heterocycles. The molecule has 1 aliphatic heterocycles. The number of anilines is 1. The third-order valence-corrected chi connectivity index (χ3v) is 3.88. The van der Waals surface area contributed by atoms with E-state index in [-0.39, 0.29) is 23.4 Å². The number of hydrogen-bond donors (Lipinski definition) is 1. The largest absolute Gasteiger partial charge is 0.373 e. The maximum absolute atomic E-state index is 12.9. The monoisotopic (exact) mass is 285 g/mol. The van der Waals surface area contributed by atoms with Gasteiger partial charge in [0.2, 0.25) is 5.91 Å². The first-order valence-electron chi connectivity index (χ1n) is 7.45. The van der Waals surface area contributed by atoms with Gasteiger partial charge in [0.1, 0.15) is 12.1 Å². The highest BCUT2D eigenvalue weighted by atomic mass is 16.2. The van der Waals surface area contributed by atoms with E-state index in [1.165, 1.54) is 0 Å². The molecule has 21 heavy (non-hydrogen) atoms. The molecule has 1 N–H and O–H groups in total. The first-order valence-corrected chi connectivity index (χ1v) is 7.45. The lowest BCUT2D eigenvalue weighted by Crippen LogP contribution is -2.50. The number of nitrogens with one attached hydrogen (secondary N) is 1. The van der Waals surface area contributed by atoms with Crippen LogP contribution in [0.4, 0.5) is 5.69 Å². The normalized spacial score (nSPS) is 19.9. The average Bonchev–Trinajstić information content (AvgIpc) is 2.92. The lowest BCUT2D eigenvalue weighted by atomic mass is 9.85. The van der Waals surface area contributed by atoms with E-state index in [0.717, 1.165) is 18.5 Å². The van der Waals surface area contributed by atoms with Gasteiger partial charge in [-0.1, -0.05) is 39.0 Å². The number of benzene rings is 1. The lowest BCUT2D eigenvalue weighted by Gasteiger charge is -2.35. The number of carbonyl (C=O) groups is 1. The van der Waals surface area contributed by atoms with Crippen molar-refractivity contribution in [1.29, 1.82) is 5.26 Å². The summed E-state index contributed by atoms with van der Waals surface area (Å²) in [6.45, 7) is 6.81. The minimum atomic E-state index is -0.339. The topological polar surface area (TPSA) is 56.1 Å². The molecule has 1 aromatic carbocycles. The molecule has 0 aliphatic carbocycles. The summed E-state index contributed by atoms with van der Waals surface area (Å²) in [5.74, 6) is 0.0235. The minimum Gasteiger partial charge on any atom is -0.373 e. The Hall–Kier alpha value is -2.02. The predicted octanol–water partition coefficient (Wildman–Crippen LogP) is 3.03. The van der Waals surface area contributed by atoms with E-state index < -0.39 is 0 Å². The fourth-order valence-corrected chi connectivity index (χ4v) is 2.68. The zero-order valence-corrected chi connectivity index (χ0v) is 13.0. The van der Waals surface area contributed by atoms with Crippen molar-refractivity contribution >= 4 is 11.6 Å². The Kier molecular flexibility index (Phi) is 4.52. The van der Waals surface area contributed by atoms with Crippen LogP contribution < -0.4 is 5.32 Å². The molecular formula is C17H23N3O. The molecule has 1 aliphatic rings. The number of hydrogen-bond acceptors (Lipinski definition) is 3. The van der Waals surface area contributed by atoms with E-state index in [4.69, 9.17) is 0 Å². The second-order valence-corrected chi connectivity index (χ2v) is 6.63. The van der Waals surface area contributed by atoms with E-state index in [9.17, 15) is 10.1 Å².